The van der Waals surface area contributed by atoms with Crippen LogP contribution in [0.4, 0.5) is 10.5 Å². The fourth-order valence-corrected chi connectivity index (χ4v) is 5.75. The van der Waals surface area contributed by atoms with Crippen LogP contribution in [0.25, 0.3) is 0 Å². The van der Waals surface area contributed by atoms with E-state index in [1.165, 1.54) is 18.0 Å². The summed E-state index contributed by atoms with van der Waals surface area (Å²) >= 11 is 0. The quantitative estimate of drug-likeness (QED) is 0.524. The number of amides is 3. The molecule has 1 saturated carbocycles. The van der Waals surface area contributed by atoms with E-state index in [1.807, 2.05) is 21.9 Å². The Morgan fingerprint density at radius 2 is 1.79 bits per heavy atom. The molecule has 1 saturated heterocycles. The van der Waals surface area contributed by atoms with Crippen LogP contribution in [0.2, 0.25) is 0 Å². The van der Waals surface area contributed by atoms with E-state index in [9.17, 15) is 9.59 Å². The van der Waals surface area contributed by atoms with Crippen LogP contribution in [0, 0.1) is 11.3 Å². The summed E-state index contributed by atoms with van der Waals surface area (Å²) in [5.74, 6) is -0.193. The third kappa shape index (κ3) is 6.54. The normalized spacial score (nSPS) is 21.4. The molecule has 10 nitrogen and oxygen atoms in total. The van der Waals surface area contributed by atoms with Gasteiger partial charge < -0.3 is 19.9 Å². The van der Waals surface area contributed by atoms with Crippen LogP contribution in [0.5, 0.6) is 0 Å². The number of carbonyl (C=O) groups excluding carboxylic acids is 2. The molecule has 1 N–H and O–H groups in total. The summed E-state index contributed by atoms with van der Waals surface area (Å²) in [7, 11) is 5.98. The summed E-state index contributed by atoms with van der Waals surface area (Å²) in [4.78, 5) is 40.5. The number of hydrogen-bond acceptors (Lipinski definition) is 7. The summed E-state index contributed by atoms with van der Waals surface area (Å²) in [6, 6.07) is 12.4. The number of aromatic nitrogens is 2. The lowest BCUT2D eigenvalue weighted by atomic mass is 9.79. The number of nitrogens with zero attached hydrogens (tertiary/aromatic N) is 6. The van der Waals surface area contributed by atoms with Crippen molar-refractivity contribution in [1.29, 1.82) is 5.26 Å². The van der Waals surface area contributed by atoms with Crippen molar-refractivity contribution in [2.24, 2.45) is 0 Å². The summed E-state index contributed by atoms with van der Waals surface area (Å²) < 4.78 is 5.91. The third-order valence-corrected chi connectivity index (χ3v) is 8.34. The molecular weight excluding hydrogens is 494 g/mol. The minimum atomic E-state index is -0.296. The van der Waals surface area contributed by atoms with Crippen LogP contribution in [0.15, 0.2) is 42.7 Å². The number of nitrogens with one attached hydrogen (secondary N) is 1. The highest BCUT2D eigenvalue weighted by Crippen LogP contribution is 2.39. The van der Waals surface area contributed by atoms with Crippen molar-refractivity contribution in [2.45, 2.75) is 56.1 Å². The van der Waals surface area contributed by atoms with Crippen molar-refractivity contribution in [1.82, 2.24) is 24.7 Å². The van der Waals surface area contributed by atoms with Gasteiger partial charge in [0.1, 0.15) is 6.07 Å². The highest BCUT2D eigenvalue weighted by atomic mass is 16.5. The van der Waals surface area contributed by atoms with Crippen LogP contribution in [0.1, 0.15) is 56.3 Å². The van der Waals surface area contributed by atoms with Crippen LogP contribution in [0.3, 0.4) is 0 Å². The maximum absolute atomic E-state index is 13.9. The van der Waals surface area contributed by atoms with Crippen LogP contribution < -0.4 is 5.32 Å². The number of ether oxygens (including phenoxy) is 1. The van der Waals surface area contributed by atoms with Crippen molar-refractivity contribution in [3.63, 3.8) is 0 Å². The van der Waals surface area contributed by atoms with Gasteiger partial charge in [0.25, 0.3) is 0 Å². The van der Waals surface area contributed by atoms with E-state index in [0.717, 1.165) is 38.5 Å². The van der Waals surface area contributed by atoms with Gasteiger partial charge in [-0.05, 0) is 58.2 Å². The second kappa shape index (κ2) is 12.5. The zero-order valence-electron chi connectivity index (χ0n) is 23.2. The fourth-order valence-electron chi connectivity index (χ4n) is 5.75. The Morgan fingerprint density at radius 3 is 2.38 bits per heavy atom. The molecule has 10 heteroatoms. The number of anilines is 1. The lowest BCUT2D eigenvalue weighted by molar-refractivity contribution is -0.116. The Kier molecular flexibility index (Phi) is 9.15. The molecule has 0 unspecified atom stereocenters. The van der Waals surface area contributed by atoms with Gasteiger partial charge in [-0.2, -0.15) is 5.26 Å². The number of benzene rings is 1. The predicted molar refractivity (Wildman–Crippen MR) is 148 cm³/mol. The zero-order valence-corrected chi connectivity index (χ0v) is 23.2. The number of methoxy groups -OCH3 is 1. The maximum Gasteiger partial charge on any atom is 0.320 e. The van der Waals surface area contributed by atoms with E-state index in [4.69, 9.17) is 10.00 Å². The van der Waals surface area contributed by atoms with Crippen molar-refractivity contribution >= 4 is 17.6 Å². The second-order valence-corrected chi connectivity index (χ2v) is 10.8. The predicted octanol–water partition coefficient (Wildman–Crippen LogP) is 3.61. The molecule has 208 valence electrons. The van der Waals surface area contributed by atoms with E-state index in [0.29, 0.717) is 31.9 Å². The monoisotopic (exact) mass is 533 g/mol. The van der Waals surface area contributed by atoms with E-state index in [-0.39, 0.29) is 35.3 Å². The Hall–Kier alpha value is -3.55. The average Bonchev–Trinajstić information content (AvgIpc) is 2.99. The van der Waals surface area contributed by atoms with Gasteiger partial charge >= 0.3 is 6.03 Å². The first kappa shape index (κ1) is 28.5. The number of rotatable bonds is 9. The molecule has 4 rings (SSSR count). The van der Waals surface area contributed by atoms with E-state index < -0.39 is 0 Å². The average molecular weight is 534 g/mol. The van der Waals surface area contributed by atoms with Gasteiger partial charge in [-0.3, -0.25) is 9.69 Å². The van der Waals surface area contributed by atoms with Gasteiger partial charge in [-0.1, -0.05) is 30.3 Å². The second-order valence-electron chi connectivity index (χ2n) is 10.8. The van der Waals surface area contributed by atoms with Crippen molar-refractivity contribution in [3.05, 3.63) is 54.1 Å². The Morgan fingerprint density at radius 1 is 1.08 bits per heavy atom. The van der Waals surface area contributed by atoms with Gasteiger partial charge in [0.2, 0.25) is 11.7 Å². The molecule has 39 heavy (non-hydrogen) atoms. The van der Waals surface area contributed by atoms with Gasteiger partial charge in [0.15, 0.2) is 0 Å². The minimum absolute atomic E-state index is 0.0416. The zero-order chi connectivity index (χ0) is 27.9. The standard InChI is InChI=1S/C29H39N7O3/c1-34(2)29(23-9-5-4-6-10-23)14-8-16-35(17-11-26(37)33-24-20-31-25(19-30)32-21-24)27(38)36(18-15-29)22-28(39-3)12-7-13-28/h4-6,9-10,20-21H,7-8,11-18,22H2,1-3H3,(H,33,37)/t29-/m0/s1. The molecule has 0 spiro atoms. The molecule has 1 aliphatic carbocycles. The Balaban J connectivity index is 1.52. The number of urea groups is 1. The highest BCUT2D eigenvalue weighted by Gasteiger charge is 2.43. The molecule has 1 aromatic heterocycles. The number of nitriles is 1. The smallest absolute Gasteiger partial charge is 0.320 e. The molecule has 0 radical (unpaired) electrons. The lowest BCUT2D eigenvalue weighted by Gasteiger charge is -2.45. The first-order valence-electron chi connectivity index (χ1n) is 13.6. The summed E-state index contributed by atoms with van der Waals surface area (Å²) in [6.45, 7) is 2.01. The SMILES string of the molecule is COC1(CN2CC[C@@](c3ccccc3)(N(C)C)CCCN(CCC(=O)Nc3cnc(C#N)nc3)C2=O)CCC1. The van der Waals surface area contributed by atoms with Crippen LogP contribution in [-0.4, -0.2) is 89.6 Å². The van der Waals surface area contributed by atoms with Gasteiger partial charge in [0, 0.05) is 38.7 Å². The number of carbonyl (C=O) groups is 2. The molecule has 2 aromatic rings. The molecule has 2 aliphatic rings. The van der Waals surface area contributed by atoms with Crippen LogP contribution >= 0.6 is 0 Å². The van der Waals surface area contributed by atoms with Crippen LogP contribution in [-0.2, 0) is 15.1 Å². The molecule has 0 bridgehead atoms. The Bertz CT molecular complexity index is 1160. The molecule has 1 aliphatic heterocycles. The fraction of sp³-hybridized carbons (Fsp3) is 0.552. The topological polar surface area (TPSA) is 115 Å². The summed E-state index contributed by atoms with van der Waals surface area (Å²) in [5.41, 5.74) is 1.17. The molecule has 3 amide bonds. The maximum atomic E-state index is 13.9. The van der Waals surface area contributed by atoms with Crippen molar-refractivity contribution < 1.29 is 14.3 Å². The Labute approximate surface area is 231 Å². The first-order valence-corrected chi connectivity index (χ1v) is 13.6. The minimum Gasteiger partial charge on any atom is -0.376 e. The lowest BCUT2D eigenvalue weighted by Crippen LogP contribution is -2.55. The third-order valence-electron chi connectivity index (χ3n) is 8.34. The molecule has 1 aromatic carbocycles. The van der Waals surface area contributed by atoms with E-state index in [1.54, 1.807) is 7.11 Å². The van der Waals surface area contributed by atoms with Crippen molar-refractivity contribution in [2.75, 3.05) is 52.7 Å². The largest absolute Gasteiger partial charge is 0.376 e. The highest BCUT2D eigenvalue weighted by molar-refractivity contribution is 5.90. The molecule has 2 fully saturated rings. The molecular formula is C29H39N7O3. The van der Waals surface area contributed by atoms with E-state index in [2.05, 4.69) is 58.5 Å². The van der Waals surface area contributed by atoms with E-state index >= 15 is 0 Å². The summed E-state index contributed by atoms with van der Waals surface area (Å²) in [5, 5.41) is 11.6. The van der Waals surface area contributed by atoms with Gasteiger partial charge in [0.05, 0.1) is 30.2 Å². The molecule has 1 atom stereocenters. The summed E-state index contributed by atoms with van der Waals surface area (Å²) in [6.07, 6.45) is 8.46. The van der Waals surface area contributed by atoms with Gasteiger partial charge in [-0.15, -0.1) is 0 Å². The van der Waals surface area contributed by atoms with Crippen molar-refractivity contribution in [3.8, 4) is 6.07 Å². The first-order chi connectivity index (χ1) is 18.8. The number of hydrogen-bond donors (Lipinski definition) is 1. The van der Waals surface area contributed by atoms with Gasteiger partial charge in [-0.25, -0.2) is 14.8 Å². The molecule has 2 heterocycles.